The molecule has 3 heterocycles. The molecular formula is C22H32N4O3. The number of benzene rings is 1. The van der Waals surface area contributed by atoms with Crippen LogP contribution in [0.5, 0.6) is 0 Å². The smallest absolute Gasteiger partial charge is 0.325 e. The quantitative estimate of drug-likeness (QED) is 0.792. The van der Waals surface area contributed by atoms with Gasteiger partial charge in [0.05, 0.1) is 19.3 Å². The number of primary amides is 1. The Morgan fingerprint density at radius 2 is 1.86 bits per heavy atom. The lowest BCUT2D eigenvalue weighted by Crippen LogP contribution is -2.46. The van der Waals surface area contributed by atoms with Crippen LogP contribution in [0.15, 0.2) is 24.3 Å². The van der Waals surface area contributed by atoms with Gasteiger partial charge >= 0.3 is 6.03 Å². The lowest BCUT2D eigenvalue weighted by atomic mass is 9.81. The van der Waals surface area contributed by atoms with E-state index in [2.05, 4.69) is 30.9 Å². The maximum absolute atomic E-state index is 12.9. The molecule has 3 aliphatic rings. The average molecular weight is 401 g/mol. The van der Waals surface area contributed by atoms with Crippen molar-refractivity contribution in [3.63, 3.8) is 0 Å². The van der Waals surface area contributed by atoms with Gasteiger partial charge in [-0.25, -0.2) is 4.79 Å². The molecule has 2 N–H and O–H groups in total. The number of hydrogen-bond donors (Lipinski definition) is 1. The average Bonchev–Trinajstić information content (AvgIpc) is 3.29. The Morgan fingerprint density at radius 3 is 2.52 bits per heavy atom. The lowest BCUT2D eigenvalue weighted by molar-refractivity contribution is -0.119. The predicted molar refractivity (Wildman–Crippen MR) is 112 cm³/mol. The number of carbonyl (C=O) groups excluding carboxylic acids is 2. The van der Waals surface area contributed by atoms with Gasteiger partial charge in [0.1, 0.15) is 6.04 Å². The van der Waals surface area contributed by atoms with E-state index in [1.165, 1.54) is 5.56 Å². The maximum atomic E-state index is 12.9. The molecule has 29 heavy (non-hydrogen) atoms. The molecule has 1 aromatic carbocycles. The Labute approximate surface area is 172 Å². The second-order valence-corrected chi connectivity index (χ2v) is 9.04. The zero-order valence-corrected chi connectivity index (χ0v) is 17.5. The highest BCUT2D eigenvalue weighted by Gasteiger charge is 2.51. The van der Waals surface area contributed by atoms with E-state index in [4.69, 9.17) is 10.5 Å². The van der Waals surface area contributed by atoms with E-state index in [1.807, 2.05) is 12.1 Å². The normalized spacial score (nSPS) is 25.5. The van der Waals surface area contributed by atoms with Crippen LogP contribution in [0.25, 0.3) is 0 Å². The number of hydrogen-bond acceptors (Lipinski definition) is 4. The molecule has 1 unspecified atom stereocenters. The van der Waals surface area contributed by atoms with E-state index >= 15 is 0 Å². The highest BCUT2D eigenvalue weighted by atomic mass is 16.5. The van der Waals surface area contributed by atoms with E-state index in [1.54, 1.807) is 9.80 Å². The molecule has 0 radical (unpaired) electrons. The third-order valence-corrected chi connectivity index (χ3v) is 6.77. The fourth-order valence-electron chi connectivity index (χ4n) is 4.86. The van der Waals surface area contributed by atoms with Gasteiger partial charge in [0.15, 0.2) is 0 Å². The third kappa shape index (κ3) is 3.85. The van der Waals surface area contributed by atoms with Crippen molar-refractivity contribution in [2.45, 2.75) is 50.6 Å². The van der Waals surface area contributed by atoms with Crippen molar-refractivity contribution in [1.82, 2.24) is 9.80 Å². The van der Waals surface area contributed by atoms with Gasteiger partial charge in [0.2, 0.25) is 5.91 Å². The van der Waals surface area contributed by atoms with E-state index in [9.17, 15) is 9.59 Å². The van der Waals surface area contributed by atoms with E-state index in [0.717, 1.165) is 57.8 Å². The van der Waals surface area contributed by atoms with Crippen LogP contribution in [-0.4, -0.2) is 73.2 Å². The first-order chi connectivity index (χ1) is 13.9. The van der Waals surface area contributed by atoms with Gasteiger partial charge in [-0.1, -0.05) is 26.0 Å². The van der Waals surface area contributed by atoms with Gasteiger partial charge in [-0.15, -0.1) is 0 Å². The number of morpholine rings is 1. The number of anilines is 1. The predicted octanol–water partition coefficient (Wildman–Crippen LogP) is 1.94. The molecule has 1 aromatic rings. The molecule has 0 aromatic heterocycles. The van der Waals surface area contributed by atoms with Gasteiger partial charge in [0, 0.05) is 25.3 Å². The monoisotopic (exact) mass is 400 g/mol. The number of carbonyl (C=O) groups is 2. The van der Waals surface area contributed by atoms with Crippen LogP contribution in [0, 0.1) is 0 Å². The van der Waals surface area contributed by atoms with Gasteiger partial charge in [-0.3, -0.25) is 14.6 Å². The van der Waals surface area contributed by atoms with Crippen molar-refractivity contribution in [2.75, 3.05) is 44.3 Å². The molecule has 4 rings (SSSR count). The molecule has 3 fully saturated rings. The maximum Gasteiger partial charge on any atom is 0.325 e. The van der Waals surface area contributed by atoms with Crippen molar-refractivity contribution in [3.8, 4) is 0 Å². The summed E-state index contributed by atoms with van der Waals surface area (Å²) in [5.41, 5.74) is 7.69. The second-order valence-electron chi connectivity index (χ2n) is 9.04. The molecule has 2 atom stereocenters. The largest absolute Gasteiger partial charge is 0.379 e. The fraction of sp³-hybridized carbons (Fsp3) is 0.636. The van der Waals surface area contributed by atoms with Crippen LogP contribution in [0.3, 0.4) is 0 Å². The highest BCUT2D eigenvalue weighted by molar-refractivity contribution is 6.03. The van der Waals surface area contributed by atoms with Crippen LogP contribution in [-0.2, 0) is 14.9 Å². The Hall–Kier alpha value is -2.12. The van der Waals surface area contributed by atoms with E-state index in [0.29, 0.717) is 6.54 Å². The summed E-state index contributed by atoms with van der Waals surface area (Å²) < 4.78 is 5.43. The zero-order chi connectivity index (χ0) is 20.6. The van der Waals surface area contributed by atoms with Gasteiger partial charge < -0.3 is 15.4 Å². The van der Waals surface area contributed by atoms with Crippen molar-refractivity contribution >= 4 is 17.6 Å². The standard InChI is InChI=1S/C22H32N4O3/c1-22(2,9-11-24-12-14-29-15-13-24)16-5-7-17(8-6-16)26-19(20(23)27)18-4-3-10-25(18)21(26)28/h5-8,18-19H,3-4,9-15H2,1-2H3,(H2,23,27)/t18-,19?/m1/s1. The summed E-state index contributed by atoms with van der Waals surface area (Å²) in [6, 6.07) is 7.32. The fourth-order valence-corrected chi connectivity index (χ4v) is 4.86. The summed E-state index contributed by atoms with van der Waals surface area (Å²) in [5, 5.41) is 0. The van der Waals surface area contributed by atoms with Crippen molar-refractivity contribution in [2.24, 2.45) is 5.73 Å². The van der Waals surface area contributed by atoms with Crippen LogP contribution >= 0.6 is 0 Å². The molecule has 0 bridgehead atoms. The molecule has 158 valence electrons. The molecule has 3 saturated heterocycles. The first-order valence-corrected chi connectivity index (χ1v) is 10.7. The molecule has 3 aliphatic heterocycles. The van der Waals surface area contributed by atoms with Crippen molar-refractivity contribution in [3.05, 3.63) is 29.8 Å². The molecule has 7 nitrogen and oxygen atoms in total. The highest BCUT2D eigenvalue weighted by Crippen LogP contribution is 2.36. The second kappa shape index (κ2) is 7.95. The lowest BCUT2D eigenvalue weighted by Gasteiger charge is -2.32. The van der Waals surface area contributed by atoms with Gasteiger partial charge in [0.25, 0.3) is 0 Å². The molecule has 7 heteroatoms. The summed E-state index contributed by atoms with van der Waals surface area (Å²) in [6.07, 6.45) is 2.82. The zero-order valence-electron chi connectivity index (χ0n) is 17.5. The Kier molecular flexibility index (Phi) is 5.53. The minimum absolute atomic E-state index is 0.0228. The van der Waals surface area contributed by atoms with Crippen molar-refractivity contribution in [1.29, 1.82) is 0 Å². The molecule has 0 spiro atoms. The number of nitrogens with two attached hydrogens (primary N) is 1. The first kappa shape index (κ1) is 20.2. The third-order valence-electron chi connectivity index (χ3n) is 6.77. The number of fused-ring (bicyclic) bond motifs is 1. The molecule has 0 saturated carbocycles. The van der Waals surface area contributed by atoms with Crippen molar-refractivity contribution < 1.29 is 14.3 Å². The van der Waals surface area contributed by atoms with Crippen LogP contribution in [0.4, 0.5) is 10.5 Å². The SMILES string of the molecule is CC(C)(CCN1CCOCC1)c1ccc(N2C(=O)N3CCC[C@@H]3C2C(N)=O)cc1. The molecule has 0 aliphatic carbocycles. The summed E-state index contributed by atoms with van der Waals surface area (Å²) in [7, 11) is 0. The van der Waals surface area contributed by atoms with Gasteiger partial charge in [-0.05, 0) is 48.9 Å². The number of urea groups is 1. The summed E-state index contributed by atoms with van der Waals surface area (Å²) in [5.74, 6) is -0.428. The number of amides is 3. The topological polar surface area (TPSA) is 79.1 Å². The first-order valence-electron chi connectivity index (χ1n) is 10.7. The van der Waals surface area contributed by atoms with Crippen LogP contribution in [0.2, 0.25) is 0 Å². The minimum atomic E-state index is -0.579. The van der Waals surface area contributed by atoms with Crippen LogP contribution in [0.1, 0.15) is 38.7 Å². The Morgan fingerprint density at radius 1 is 1.17 bits per heavy atom. The number of nitrogens with zero attached hydrogens (tertiary/aromatic N) is 3. The number of ether oxygens (including phenoxy) is 1. The number of rotatable bonds is 6. The minimum Gasteiger partial charge on any atom is -0.379 e. The Bertz CT molecular complexity index is 758. The molecule has 3 amide bonds. The Balaban J connectivity index is 1.48. The van der Waals surface area contributed by atoms with Crippen LogP contribution < -0.4 is 10.6 Å². The van der Waals surface area contributed by atoms with Gasteiger partial charge in [-0.2, -0.15) is 0 Å². The summed E-state index contributed by atoms with van der Waals surface area (Å²) >= 11 is 0. The van der Waals surface area contributed by atoms with E-state index in [-0.39, 0.29) is 17.5 Å². The summed E-state index contributed by atoms with van der Waals surface area (Å²) in [4.78, 5) is 30.9. The van der Waals surface area contributed by atoms with E-state index < -0.39 is 11.9 Å². The summed E-state index contributed by atoms with van der Waals surface area (Å²) in [6.45, 7) is 9.89. The molecular weight excluding hydrogens is 368 g/mol.